The summed E-state index contributed by atoms with van der Waals surface area (Å²) in [6.45, 7) is 0.864. The van der Waals surface area contributed by atoms with Crippen molar-refractivity contribution in [2.75, 3.05) is 20.3 Å². The van der Waals surface area contributed by atoms with Crippen LogP contribution in [0.3, 0.4) is 0 Å². The van der Waals surface area contributed by atoms with E-state index in [0.717, 1.165) is 0 Å². The Balaban J connectivity index is 0.00000200. The smallest absolute Gasteiger partial charge is 0.224 e. The summed E-state index contributed by atoms with van der Waals surface area (Å²) in [6.07, 6.45) is 0.263. The molecule has 0 spiro atoms. The molecule has 4 nitrogen and oxygen atoms in total. The van der Waals surface area contributed by atoms with Crippen molar-refractivity contribution in [2.45, 2.75) is 18.5 Å². The number of hydrogen-bond donors (Lipinski definition) is 1. The molecule has 2 unspecified atom stereocenters. The SMILES string of the molecule is COCCN1C(=O)CC(N)C1c1ccc(Cl)c(F)c1.Cl. The lowest BCUT2D eigenvalue weighted by Crippen LogP contribution is -2.35. The first-order valence-corrected chi connectivity index (χ1v) is 6.41. The molecule has 1 heterocycles. The zero-order valence-corrected chi connectivity index (χ0v) is 12.6. The predicted molar refractivity (Wildman–Crippen MR) is 77.6 cm³/mol. The van der Waals surface area contributed by atoms with Gasteiger partial charge in [-0.2, -0.15) is 0 Å². The Kier molecular flexibility index (Phi) is 6.20. The lowest BCUT2D eigenvalue weighted by atomic mass is 10.0. The molecule has 7 heteroatoms. The van der Waals surface area contributed by atoms with Crippen LogP contribution in [0.25, 0.3) is 0 Å². The van der Waals surface area contributed by atoms with E-state index in [1.54, 1.807) is 18.1 Å². The maximum absolute atomic E-state index is 13.5. The number of carbonyl (C=O) groups is 1. The van der Waals surface area contributed by atoms with Crippen molar-refractivity contribution in [3.05, 3.63) is 34.6 Å². The van der Waals surface area contributed by atoms with Gasteiger partial charge in [-0.25, -0.2) is 4.39 Å². The Morgan fingerprint density at radius 3 is 2.85 bits per heavy atom. The molecule has 2 rings (SSSR count). The first-order valence-electron chi connectivity index (χ1n) is 6.03. The van der Waals surface area contributed by atoms with Crippen LogP contribution in [-0.2, 0) is 9.53 Å². The fraction of sp³-hybridized carbons (Fsp3) is 0.462. The number of ether oxygens (including phenoxy) is 1. The van der Waals surface area contributed by atoms with Gasteiger partial charge in [-0.05, 0) is 17.7 Å². The van der Waals surface area contributed by atoms with Crippen LogP contribution in [-0.4, -0.2) is 37.1 Å². The van der Waals surface area contributed by atoms with Crippen LogP contribution in [0.15, 0.2) is 18.2 Å². The Labute approximate surface area is 128 Å². The van der Waals surface area contributed by atoms with Crippen LogP contribution in [0.1, 0.15) is 18.0 Å². The van der Waals surface area contributed by atoms with Crippen molar-refractivity contribution in [2.24, 2.45) is 5.73 Å². The largest absolute Gasteiger partial charge is 0.383 e. The molecule has 1 aromatic rings. The number of amides is 1. The summed E-state index contributed by atoms with van der Waals surface area (Å²) in [7, 11) is 1.57. The van der Waals surface area contributed by atoms with Crippen molar-refractivity contribution < 1.29 is 13.9 Å². The molecule has 0 saturated carbocycles. The number of carbonyl (C=O) groups excluding carboxylic acids is 1. The Hall–Kier alpha value is -0.880. The van der Waals surface area contributed by atoms with Crippen LogP contribution in [0.2, 0.25) is 5.02 Å². The zero-order valence-electron chi connectivity index (χ0n) is 11.0. The number of likely N-dealkylation sites (tertiary alicyclic amines) is 1. The number of methoxy groups -OCH3 is 1. The number of halogens is 3. The fourth-order valence-corrected chi connectivity index (χ4v) is 2.51. The molecule has 1 aromatic carbocycles. The van der Waals surface area contributed by atoms with E-state index in [9.17, 15) is 9.18 Å². The van der Waals surface area contributed by atoms with Crippen molar-refractivity contribution >= 4 is 29.9 Å². The highest BCUT2D eigenvalue weighted by Gasteiger charge is 2.38. The van der Waals surface area contributed by atoms with Crippen LogP contribution >= 0.6 is 24.0 Å². The van der Waals surface area contributed by atoms with Gasteiger partial charge in [-0.3, -0.25) is 4.79 Å². The molecule has 2 atom stereocenters. The van der Waals surface area contributed by atoms with Crippen LogP contribution < -0.4 is 5.73 Å². The van der Waals surface area contributed by atoms with Gasteiger partial charge in [0.05, 0.1) is 17.7 Å². The second-order valence-corrected chi connectivity index (χ2v) is 4.97. The predicted octanol–water partition coefficient (Wildman–Crippen LogP) is 2.15. The van der Waals surface area contributed by atoms with Crippen molar-refractivity contribution in [1.29, 1.82) is 0 Å². The van der Waals surface area contributed by atoms with Gasteiger partial charge in [0.25, 0.3) is 0 Å². The fourth-order valence-electron chi connectivity index (χ4n) is 2.39. The topological polar surface area (TPSA) is 55.6 Å². The van der Waals surface area contributed by atoms with Crippen LogP contribution in [0.4, 0.5) is 4.39 Å². The maximum atomic E-state index is 13.5. The molecule has 1 aliphatic rings. The highest BCUT2D eigenvalue weighted by molar-refractivity contribution is 6.30. The van der Waals surface area contributed by atoms with E-state index in [4.69, 9.17) is 22.1 Å². The lowest BCUT2D eigenvalue weighted by molar-refractivity contribution is -0.129. The summed E-state index contributed by atoms with van der Waals surface area (Å²) in [5.74, 6) is -0.540. The van der Waals surface area contributed by atoms with E-state index in [1.165, 1.54) is 12.1 Å². The third kappa shape index (κ3) is 3.41. The van der Waals surface area contributed by atoms with E-state index >= 15 is 0 Å². The Morgan fingerprint density at radius 2 is 2.25 bits per heavy atom. The second kappa shape index (κ2) is 7.22. The van der Waals surface area contributed by atoms with Gasteiger partial charge in [0.2, 0.25) is 5.91 Å². The van der Waals surface area contributed by atoms with Crippen molar-refractivity contribution in [1.82, 2.24) is 4.90 Å². The first-order chi connectivity index (χ1) is 9.04. The second-order valence-electron chi connectivity index (χ2n) is 4.57. The van der Waals surface area contributed by atoms with Crippen molar-refractivity contribution in [3.8, 4) is 0 Å². The zero-order chi connectivity index (χ0) is 14.0. The maximum Gasteiger partial charge on any atom is 0.224 e. The molecule has 20 heavy (non-hydrogen) atoms. The molecule has 1 fully saturated rings. The average molecular weight is 323 g/mol. The summed E-state index contributed by atoms with van der Waals surface area (Å²) in [4.78, 5) is 13.5. The molecule has 2 N–H and O–H groups in total. The minimum absolute atomic E-state index is 0. The lowest BCUT2D eigenvalue weighted by Gasteiger charge is -2.27. The molecule has 0 radical (unpaired) electrons. The van der Waals surface area contributed by atoms with E-state index in [2.05, 4.69) is 0 Å². The van der Waals surface area contributed by atoms with Gasteiger partial charge in [0.15, 0.2) is 0 Å². The highest BCUT2D eigenvalue weighted by Crippen LogP contribution is 2.33. The molecule has 0 bridgehead atoms. The molecule has 1 amide bonds. The third-order valence-electron chi connectivity index (χ3n) is 3.29. The summed E-state index contributed by atoms with van der Waals surface area (Å²) in [5.41, 5.74) is 6.66. The van der Waals surface area contributed by atoms with Crippen LogP contribution in [0, 0.1) is 5.82 Å². The number of hydrogen-bond acceptors (Lipinski definition) is 3. The van der Waals surface area contributed by atoms with Gasteiger partial charge in [0.1, 0.15) is 5.82 Å². The monoisotopic (exact) mass is 322 g/mol. The molecule has 112 valence electrons. The molecule has 0 aromatic heterocycles. The Morgan fingerprint density at radius 1 is 1.55 bits per heavy atom. The summed E-state index contributed by atoms with van der Waals surface area (Å²) < 4.78 is 18.5. The highest BCUT2D eigenvalue weighted by atomic mass is 35.5. The average Bonchev–Trinajstić information content (AvgIpc) is 2.65. The van der Waals surface area contributed by atoms with Gasteiger partial charge < -0.3 is 15.4 Å². The Bertz CT molecular complexity index is 487. The van der Waals surface area contributed by atoms with Gasteiger partial charge >= 0.3 is 0 Å². The van der Waals surface area contributed by atoms with Gasteiger partial charge in [-0.15, -0.1) is 12.4 Å². The van der Waals surface area contributed by atoms with E-state index in [1.807, 2.05) is 0 Å². The molecular weight excluding hydrogens is 306 g/mol. The van der Waals surface area contributed by atoms with Gasteiger partial charge in [0, 0.05) is 26.1 Å². The van der Waals surface area contributed by atoms with Gasteiger partial charge in [-0.1, -0.05) is 17.7 Å². The van der Waals surface area contributed by atoms with Crippen LogP contribution in [0.5, 0.6) is 0 Å². The molecular formula is C13H17Cl2FN2O2. The van der Waals surface area contributed by atoms with E-state index in [-0.39, 0.29) is 41.8 Å². The minimum Gasteiger partial charge on any atom is -0.383 e. The summed E-state index contributed by atoms with van der Waals surface area (Å²) in [5, 5.41) is 0.0603. The quantitative estimate of drug-likeness (QED) is 0.924. The molecule has 0 aliphatic carbocycles. The molecule has 1 aliphatic heterocycles. The van der Waals surface area contributed by atoms with E-state index < -0.39 is 5.82 Å². The summed E-state index contributed by atoms with van der Waals surface area (Å²) in [6, 6.07) is 3.86. The first kappa shape index (κ1) is 17.2. The molecule has 1 saturated heterocycles. The normalized spacial score (nSPS) is 22.0. The van der Waals surface area contributed by atoms with Crippen molar-refractivity contribution in [3.63, 3.8) is 0 Å². The van der Waals surface area contributed by atoms with E-state index in [0.29, 0.717) is 18.7 Å². The third-order valence-corrected chi connectivity index (χ3v) is 3.60. The minimum atomic E-state index is -0.502. The number of nitrogens with zero attached hydrogens (tertiary/aromatic N) is 1. The standard InChI is InChI=1S/C13H16ClFN2O2.ClH/c1-19-5-4-17-12(18)7-11(16)13(17)8-2-3-9(14)10(15)6-8;/h2-3,6,11,13H,4-5,7,16H2,1H3;1H. The summed E-state index contributed by atoms with van der Waals surface area (Å²) >= 11 is 5.67. The number of nitrogens with two attached hydrogens (primary N) is 1. The number of rotatable bonds is 4. The number of benzene rings is 1.